The van der Waals surface area contributed by atoms with Crippen molar-refractivity contribution < 1.29 is 0 Å². The maximum atomic E-state index is 3.79. The molecule has 0 fully saturated rings. The van der Waals surface area contributed by atoms with E-state index in [1.807, 2.05) is 0 Å². The molecule has 0 aliphatic heterocycles. The third-order valence-corrected chi connectivity index (χ3v) is 14.5. The molecule has 0 amide bonds. The minimum atomic E-state index is 0.0205. The summed E-state index contributed by atoms with van der Waals surface area (Å²) in [6, 6.07) is 38.9. The number of H-pyrrole nitrogens is 1. The first-order valence-corrected chi connectivity index (χ1v) is 18.5. The fraction of sp³-hybridized carbons (Fsp3) is 0.292. The van der Waals surface area contributed by atoms with Gasteiger partial charge in [-0.2, -0.15) is 0 Å². The molecule has 0 radical (unpaired) electrons. The topological polar surface area (TPSA) is 20.7 Å². The van der Waals surface area contributed by atoms with Gasteiger partial charge in [-0.05, 0) is 103 Å². The summed E-state index contributed by atoms with van der Waals surface area (Å²) in [7, 11) is 0. The van der Waals surface area contributed by atoms with Crippen molar-refractivity contribution in [3.05, 3.63) is 136 Å². The van der Waals surface area contributed by atoms with E-state index in [0.29, 0.717) is 11.8 Å². The van der Waals surface area contributed by atoms with Crippen molar-refractivity contribution in [2.24, 2.45) is 11.3 Å². The van der Waals surface area contributed by atoms with Gasteiger partial charge in [0.05, 0.1) is 10.9 Å². The summed E-state index contributed by atoms with van der Waals surface area (Å²) in [5, 5.41) is 6.73. The van der Waals surface area contributed by atoms with E-state index in [2.05, 4.69) is 180 Å². The van der Waals surface area contributed by atoms with E-state index in [-0.39, 0.29) is 21.7 Å². The van der Waals surface area contributed by atoms with Crippen LogP contribution in [0.15, 0.2) is 103 Å². The van der Waals surface area contributed by atoms with Gasteiger partial charge in [0.1, 0.15) is 0 Å². The molecule has 0 spiro atoms. The van der Waals surface area contributed by atoms with Crippen molar-refractivity contribution in [1.82, 2.24) is 9.55 Å². The van der Waals surface area contributed by atoms with E-state index >= 15 is 0 Å². The van der Waals surface area contributed by atoms with Crippen molar-refractivity contribution in [3.63, 3.8) is 0 Å². The Hall–Kier alpha value is -4.82. The smallest absolute Gasteiger partial charge is 0.0541 e. The van der Waals surface area contributed by atoms with Crippen LogP contribution in [0.5, 0.6) is 0 Å². The van der Waals surface area contributed by atoms with Crippen molar-refractivity contribution >= 4 is 44.9 Å². The number of aromatic nitrogens is 2. The second-order valence-electron chi connectivity index (χ2n) is 17.6. The molecule has 248 valence electrons. The van der Waals surface area contributed by atoms with Crippen LogP contribution in [0.1, 0.15) is 83.6 Å². The number of nitrogens with one attached hydrogen (secondary N) is 1. The zero-order valence-electron chi connectivity index (χ0n) is 30.6. The number of rotatable bonds is 2. The molecule has 1 N–H and O–H groups in total. The van der Waals surface area contributed by atoms with Crippen LogP contribution in [0, 0.1) is 11.3 Å². The highest BCUT2D eigenvalue weighted by molar-refractivity contribution is 6.11. The van der Waals surface area contributed by atoms with Crippen LogP contribution in [-0.2, 0) is 16.2 Å². The summed E-state index contributed by atoms with van der Waals surface area (Å²) in [5.74, 6) is 0.776. The van der Waals surface area contributed by atoms with E-state index in [9.17, 15) is 0 Å². The van der Waals surface area contributed by atoms with Crippen molar-refractivity contribution in [1.29, 1.82) is 0 Å². The maximum absolute atomic E-state index is 3.79. The molecule has 7 aromatic rings. The predicted molar refractivity (Wildman–Crippen MR) is 212 cm³/mol. The lowest BCUT2D eigenvalue weighted by Gasteiger charge is -2.44. The van der Waals surface area contributed by atoms with Crippen LogP contribution in [0.2, 0.25) is 0 Å². The molecule has 2 heterocycles. The van der Waals surface area contributed by atoms with Gasteiger partial charge in [0.2, 0.25) is 0 Å². The van der Waals surface area contributed by atoms with Crippen molar-refractivity contribution in [2.45, 2.75) is 77.6 Å². The summed E-state index contributed by atoms with van der Waals surface area (Å²) in [4.78, 5) is 3.79. The largest absolute Gasteiger partial charge is 0.355 e. The third-order valence-electron chi connectivity index (χ3n) is 14.5. The molecule has 5 aromatic carbocycles. The second kappa shape index (κ2) is 9.49. The number of hydrogen-bond acceptors (Lipinski definition) is 0. The van der Waals surface area contributed by atoms with Gasteiger partial charge >= 0.3 is 0 Å². The van der Waals surface area contributed by atoms with Crippen molar-refractivity contribution in [3.8, 4) is 16.8 Å². The quantitative estimate of drug-likeness (QED) is 0.192. The molecule has 2 unspecified atom stereocenters. The Kier molecular flexibility index (Phi) is 5.70. The number of nitrogens with zero attached hydrogens (tertiary/aromatic N) is 1. The third kappa shape index (κ3) is 3.55. The van der Waals surface area contributed by atoms with Gasteiger partial charge in [0.25, 0.3) is 0 Å². The Morgan fingerprint density at radius 3 is 2.06 bits per heavy atom. The lowest BCUT2D eigenvalue weighted by Crippen LogP contribution is -2.42. The van der Waals surface area contributed by atoms with Crippen LogP contribution < -0.4 is 10.6 Å². The lowest BCUT2D eigenvalue weighted by atomic mass is 9.59. The summed E-state index contributed by atoms with van der Waals surface area (Å²) in [5.41, 5.74) is 13.7. The molecular formula is C48H46N2. The van der Waals surface area contributed by atoms with E-state index in [0.717, 1.165) is 0 Å². The van der Waals surface area contributed by atoms with E-state index in [1.54, 1.807) is 0 Å². The molecule has 3 aliphatic carbocycles. The van der Waals surface area contributed by atoms with Crippen LogP contribution in [0.3, 0.4) is 0 Å². The second-order valence-corrected chi connectivity index (χ2v) is 17.6. The highest BCUT2D eigenvalue weighted by Gasteiger charge is 2.57. The molecule has 10 rings (SSSR count). The molecule has 2 nitrogen and oxygen atoms in total. The summed E-state index contributed by atoms with van der Waals surface area (Å²) in [6.45, 7) is 19.6. The number of hydrogen-bond donors (Lipinski definition) is 1. The highest BCUT2D eigenvalue weighted by Crippen LogP contribution is 2.63. The lowest BCUT2D eigenvalue weighted by molar-refractivity contribution is 0.125. The van der Waals surface area contributed by atoms with Gasteiger partial charge in [0.15, 0.2) is 0 Å². The average Bonchev–Trinajstić information content (AvgIpc) is 3.74. The molecule has 2 atom stereocenters. The van der Waals surface area contributed by atoms with E-state index in [1.165, 1.54) is 82.3 Å². The molecule has 0 saturated heterocycles. The monoisotopic (exact) mass is 650 g/mol. The maximum Gasteiger partial charge on any atom is 0.0541 e. The fourth-order valence-electron chi connectivity index (χ4n) is 10.5. The highest BCUT2D eigenvalue weighted by atomic mass is 15.0. The standard InChI is InChI=1S/C48H46N2/c1-45(2)36-17-13-12-16-31(36)32-27-42-34(26-38(32)45)33-24-29(19-23-41(33)50(42)30-14-10-9-11-15-30)28-18-21-39-35(25-28)43-40(49-39)22-20-37-44(43)47(5,6)48(7,8)46(37,3)4/h9-27,32,38,49H,1-8H3. The van der Waals surface area contributed by atoms with E-state index < -0.39 is 0 Å². The first-order valence-electron chi connectivity index (χ1n) is 18.5. The Bertz CT molecular complexity index is 2710. The van der Waals surface area contributed by atoms with Crippen molar-refractivity contribution in [2.75, 3.05) is 0 Å². The van der Waals surface area contributed by atoms with Gasteiger partial charge in [-0.15, -0.1) is 0 Å². The molecule has 0 bridgehead atoms. The molecule has 2 aromatic heterocycles. The molecular weight excluding hydrogens is 605 g/mol. The molecule has 50 heavy (non-hydrogen) atoms. The van der Waals surface area contributed by atoms with Gasteiger partial charge in [-0.25, -0.2) is 0 Å². The zero-order chi connectivity index (χ0) is 34.5. The Morgan fingerprint density at radius 1 is 0.600 bits per heavy atom. The van der Waals surface area contributed by atoms with Gasteiger partial charge in [0, 0.05) is 44.0 Å². The van der Waals surface area contributed by atoms with Crippen LogP contribution in [0.25, 0.3) is 61.7 Å². The van der Waals surface area contributed by atoms with Crippen LogP contribution in [0.4, 0.5) is 0 Å². The minimum Gasteiger partial charge on any atom is -0.355 e. The predicted octanol–water partition coefficient (Wildman–Crippen LogP) is 10.8. The van der Waals surface area contributed by atoms with Crippen LogP contribution in [-0.4, -0.2) is 9.55 Å². The number of para-hydroxylation sites is 1. The Balaban J connectivity index is 1.22. The summed E-state index contributed by atoms with van der Waals surface area (Å²) in [6.07, 6.45) is 5.19. The average molecular weight is 651 g/mol. The molecule has 3 aliphatic rings. The first kappa shape index (κ1) is 30.0. The van der Waals surface area contributed by atoms with E-state index in [4.69, 9.17) is 0 Å². The normalized spacial score (nSPS) is 21.8. The SMILES string of the molecule is CC1(C)c2ccccc2C2C=c3c(c4cc(-c5ccc6[nH]c7ccc8c(c7c6c5)C(C)(C)C(C)(C)C8(C)C)ccc4n3-c3ccccc3)=CC21. The Labute approximate surface area is 295 Å². The summed E-state index contributed by atoms with van der Waals surface area (Å²) < 4.78 is 2.49. The van der Waals surface area contributed by atoms with Crippen LogP contribution >= 0.6 is 0 Å². The molecule has 2 heteroatoms. The van der Waals surface area contributed by atoms with Gasteiger partial charge < -0.3 is 9.55 Å². The minimum absolute atomic E-state index is 0.0205. The summed E-state index contributed by atoms with van der Waals surface area (Å²) >= 11 is 0. The zero-order valence-corrected chi connectivity index (χ0v) is 30.6. The fourth-order valence-corrected chi connectivity index (χ4v) is 10.5. The van der Waals surface area contributed by atoms with Gasteiger partial charge in [-0.1, -0.05) is 128 Å². The number of benzene rings is 5. The first-order chi connectivity index (χ1) is 23.8. The van der Waals surface area contributed by atoms with Gasteiger partial charge in [-0.3, -0.25) is 0 Å². The number of fused-ring (bicyclic) bond motifs is 11. The molecule has 0 saturated carbocycles. The Morgan fingerprint density at radius 2 is 1.28 bits per heavy atom. The number of aromatic amines is 1.